The fraction of sp³-hybridized carbons (Fsp3) is 1.00. The predicted molar refractivity (Wildman–Crippen MR) is 140 cm³/mol. The van der Waals surface area contributed by atoms with Gasteiger partial charge in [-0.2, -0.15) is 0 Å². The van der Waals surface area contributed by atoms with Crippen molar-refractivity contribution in [3.8, 4) is 0 Å². The molecule has 214 valence electrons. The quantitative estimate of drug-likeness (QED) is 0.500. The van der Waals surface area contributed by atoms with Crippen LogP contribution in [0.25, 0.3) is 0 Å². The normalized spacial score (nSPS) is 51.8. The molecule has 0 aromatic heterocycles. The van der Waals surface area contributed by atoms with Gasteiger partial charge in [0.25, 0.3) is 0 Å². The van der Waals surface area contributed by atoms with Crippen LogP contribution in [0.3, 0.4) is 0 Å². The molecular formula is C30H52O7. The number of hydrogen-bond donors (Lipinski definition) is 2. The van der Waals surface area contributed by atoms with Gasteiger partial charge in [0, 0.05) is 12.5 Å². The highest BCUT2D eigenvalue weighted by atomic mass is 16.6. The lowest BCUT2D eigenvalue weighted by molar-refractivity contribution is -0.211. The van der Waals surface area contributed by atoms with Crippen LogP contribution in [0.2, 0.25) is 0 Å². The minimum atomic E-state index is -0.839. The Morgan fingerprint density at radius 2 is 1.14 bits per heavy atom. The van der Waals surface area contributed by atoms with Gasteiger partial charge in [-0.1, -0.05) is 6.92 Å². The molecule has 7 heteroatoms. The molecule has 5 heterocycles. The fourth-order valence-electron chi connectivity index (χ4n) is 7.83. The third kappa shape index (κ3) is 5.16. The van der Waals surface area contributed by atoms with E-state index in [1.54, 1.807) is 0 Å². The van der Waals surface area contributed by atoms with Gasteiger partial charge < -0.3 is 33.9 Å². The number of aliphatic hydroxyl groups is 2. The van der Waals surface area contributed by atoms with Crippen LogP contribution in [0.4, 0.5) is 0 Å². The molecule has 5 saturated heterocycles. The van der Waals surface area contributed by atoms with E-state index in [9.17, 15) is 10.2 Å². The molecule has 5 aliphatic rings. The van der Waals surface area contributed by atoms with Crippen LogP contribution in [-0.4, -0.2) is 81.4 Å². The second kappa shape index (κ2) is 9.67. The summed E-state index contributed by atoms with van der Waals surface area (Å²) in [6.07, 6.45) is 9.66. The van der Waals surface area contributed by atoms with Crippen molar-refractivity contribution in [1.29, 1.82) is 0 Å². The molecule has 7 nitrogen and oxygen atoms in total. The fourth-order valence-corrected chi connectivity index (χ4v) is 7.83. The smallest absolute Gasteiger partial charge is 0.0921 e. The molecule has 0 aromatic carbocycles. The summed E-state index contributed by atoms with van der Waals surface area (Å²) < 4.78 is 33.2. The van der Waals surface area contributed by atoms with Crippen LogP contribution in [0, 0.1) is 5.92 Å². The van der Waals surface area contributed by atoms with Gasteiger partial charge in [0.15, 0.2) is 0 Å². The van der Waals surface area contributed by atoms with Crippen molar-refractivity contribution in [3.05, 3.63) is 0 Å². The SMILES string of the molecule is CC(CO)[C@@H]1CC[C@](C)([C@@H]2CC[C@](C)([C@@H]3CC[C@H]([C@]4(C)CC[C@H]([C@]5(C)CC[C@H](C(C)(C)O)O5)O4)O3)O2)O1. The molecule has 0 saturated carbocycles. The lowest BCUT2D eigenvalue weighted by Crippen LogP contribution is -2.48. The van der Waals surface area contributed by atoms with Crippen molar-refractivity contribution in [2.75, 3.05) is 6.61 Å². The Hall–Kier alpha value is -0.280. The molecule has 0 bridgehead atoms. The molecule has 0 radical (unpaired) electrons. The third-order valence-electron chi connectivity index (χ3n) is 10.7. The predicted octanol–water partition coefficient (Wildman–Crippen LogP) is 4.68. The van der Waals surface area contributed by atoms with Crippen molar-refractivity contribution in [2.24, 2.45) is 5.92 Å². The van der Waals surface area contributed by atoms with Crippen LogP contribution < -0.4 is 0 Å². The molecule has 0 aliphatic carbocycles. The molecular weight excluding hydrogens is 472 g/mol. The molecule has 5 aliphatic heterocycles. The van der Waals surface area contributed by atoms with Gasteiger partial charge in [-0.15, -0.1) is 0 Å². The summed E-state index contributed by atoms with van der Waals surface area (Å²) in [6.45, 7) is 14.7. The Bertz CT molecular complexity index is 829. The van der Waals surface area contributed by atoms with E-state index >= 15 is 0 Å². The van der Waals surface area contributed by atoms with Crippen LogP contribution in [0.15, 0.2) is 0 Å². The van der Waals surface area contributed by atoms with Crippen LogP contribution in [-0.2, 0) is 23.7 Å². The van der Waals surface area contributed by atoms with E-state index in [2.05, 4.69) is 34.6 Å². The van der Waals surface area contributed by atoms with Gasteiger partial charge in [0.2, 0.25) is 0 Å². The maximum Gasteiger partial charge on any atom is 0.0921 e. The van der Waals surface area contributed by atoms with Crippen LogP contribution in [0.5, 0.6) is 0 Å². The zero-order valence-electron chi connectivity index (χ0n) is 24.3. The van der Waals surface area contributed by atoms with E-state index in [0.717, 1.165) is 64.2 Å². The van der Waals surface area contributed by atoms with Gasteiger partial charge in [-0.05, 0) is 106 Å². The van der Waals surface area contributed by atoms with E-state index < -0.39 is 5.60 Å². The highest BCUT2D eigenvalue weighted by Crippen LogP contribution is 2.51. The van der Waals surface area contributed by atoms with Crippen molar-refractivity contribution in [2.45, 2.75) is 177 Å². The molecule has 0 aromatic rings. The van der Waals surface area contributed by atoms with Gasteiger partial charge >= 0.3 is 0 Å². The minimum Gasteiger partial charge on any atom is -0.396 e. The lowest BCUT2D eigenvalue weighted by Gasteiger charge is -2.39. The standard InChI is InChI=1S/C30H52O7/c1-19(18-31)20-10-14-29(6,34-20)24-12-16-27(4,36-24)22-8-9-23(33-22)28(5)17-13-25(37-28)30(7)15-11-21(35-30)26(2,3)32/h19-25,31-32H,8-18H2,1-7H3/t19?,20-,21+,22-,23+,24-,25+,27+,28-,29+,30-/m0/s1. The first-order chi connectivity index (χ1) is 17.2. The number of ether oxygens (including phenoxy) is 5. The first-order valence-electron chi connectivity index (χ1n) is 14.9. The van der Waals surface area contributed by atoms with E-state index in [0.29, 0.717) is 0 Å². The van der Waals surface area contributed by atoms with Crippen LogP contribution in [0.1, 0.15) is 113 Å². The molecule has 0 amide bonds. The monoisotopic (exact) mass is 524 g/mol. The Labute approximate surface area is 223 Å². The maximum atomic E-state index is 10.5. The van der Waals surface area contributed by atoms with Crippen molar-refractivity contribution < 1.29 is 33.9 Å². The topological polar surface area (TPSA) is 86.6 Å². The Balaban J connectivity index is 1.18. The van der Waals surface area contributed by atoms with Crippen LogP contribution >= 0.6 is 0 Å². The molecule has 5 rings (SSSR count). The first-order valence-corrected chi connectivity index (χ1v) is 14.9. The summed E-state index contributed by atoms with van der Waals surface area (Å²) in [4.78, 5) is 0. The Morgan fingerprint density at radius 1 is 0.676 bits per heavy atom. The first kappa shape index (κ1) is 28.3. The summed E-state index contributed by atoms with van der Waals surface area (Å²) >= 11 is 0. The zero-order valence-corrected chi connectivity index (χ0v) is 24.3. The summed E-state index contributed by atoms with van der Waals surface area (Å²) in [7, 11) is 0. The van der Waals surface area contributed by atoms with E-state index in [-0.39, 0.29) is 71.6 Å². The van der Waals surface area contributed by atoms with Gasteiger partial charge in [-0.25, -0.2) is 0 Å². The average molecular weight is 525 g/mol. The summed E-state index contributed by atoms with van der Waals surface area (Å²) in [6, 6.07) is 0. The van der Waals surface area contributed by atoms with Gasteiger partial charge in [0.05, 0.1) is 64.6 Å². The van der Waals surface area contributed by atoms with Gasteiger partial charge in [0.1, 0.15) is 0 Å². The highest BCUT2D eigenvalue weighted by molar-refractivity contribution is 5.07. The van der Waals surface area contributed by atoms with E-state index in [1.165, 1.54) is 0 Å². The second-order valence-electron chi connectivity index (χ2n) is 14.4. The third-order valence-corrected chi connectivity index (χ3v) is 10.7. The van der Waals surface area contributed by atoms with E-state index in [1.807, 2.05) is 13.8 Å². The largest absolute Gasteiger partial charge is 0.396 e. The average Bonchev–Trinajstić information content (AvgIpc) is 3.63. The van der Waals surface area contributed by atoms with Crippen molar-refractivity contribution in [3.63, 3.8) is 0 Å². The molecule has 1 unspecified atom stereocenters. The summed E-state index contributed by atoms with van der Waals surface area (Å²) in [5, 5.41) is 20.0. The molecule has 2 N–H and O–H groups in total. The molecule has 0 spiro atoms. The minimum absolute atomic E-state index is 0.0175. The molecule has 5 fully saturated rings. The highest BCUT2D eigenvalue weighted by Gasteiger charge is 2.58. The molecule has 11 atom stereocenters. The van der Waals surface area contributed by atoms with Crippen molar-refractivity contribution >= 4 is 0 Å². The maximum absolute atomic E-state index is 10.5. The second-order valence-corrected chi connectivity index (χ2v) is 14.4. The number of hydrogen-bond acceptors (Lipinski definition) is 7. The summed E-state index contributed by atoms with van der Waals surface area (Å²) in [5.41, 5.74) is -2.15. The number of aliphatic hydroxyl groups excluding tert-OH is 1. The Morgan fingerprint density at radius 3 is 1.62 bits per heavy atom. The zero-order chi connectivity index (χ0) is 26.9. The van der Waals surface area contributed by atoms with Gasteiger partial charge in [-0.3, -0.25) is 0 Å². The summed E-state index contributed by atoms with van der Waals surface area (Å²) in [5.74, 6) is 0.155. The number of rotatable bonds is 7. The van der Waals surface area contributed by atoms with E-state index in [4.69, 9.17) is 23.7 Å². The van der Waals surface area contributed by atoms with Crippen molar-refractivity contribution in [1.82, 2.24) is 0 Å². The lowest BCUT2D eigenvalue weighted by atomic mass is 9.89. The Kier molecular flexibility index (Phi) is 7.39. The molecule has 37 heavy (non-hydrogen) atoms.